The Kier molecular flexibility index (Phi) is 12.8. The number of ether oxygens (including phenoxy) is 4. The summed E-state index contributed by atoms with van der Waals surface area (Å²) >= 11 is 0. The molecule has 0 aliphatic heterocycles. The number of amides is 2. The largest absolute Gasteiger partial charge is 0.462 e. The molecule has 2 amide bonds. The van der Waals surface area contributed by atoms with Gasteiger partial charge in [-0.3, -0.25) is 19.2 Å². The van der Waals surface area contributed by atoms with E-state index in [1.165, 1.54) is 13.8 Å². The van der Waals surface area contributed by atoms with Crippen LogP contribution in [0.1, 0.15) is 40.5 Å². The zero-order valence-electron chi connectivity index (χ0n) is 16.6. The van der Waals surface area contributed by atoms with Crippen LogP contribution in [0.25, 0.3) is 0 Å². The van der Waals surface area contributed by atoms with E-state index in [0.717, 1.165) is 0 Å². The van der Waals surface area contributed by atoms with E-state index in [1.54, 1.807) is 13.8 Å². The van der Waals surface area contributed by atoms with Crippen molar-refractivity contribution in [2.45, 2.75) is 52.7 Å². The number of urea groups is 1. The van der Waals surface area contributed by atoms with Gasteiger partial charge in [0.25, 0.3) is 0 Å². The molecule has 0 saturated carbocycles. The van der Waals surface area contributed by atoms with Gasteiger partial charge in [-0.2, -0.15) is 0 Å². The van der Waals surface area contributed by atoms with Crippen LogP contribution in [-0.4, -0.2) is 68.4 Å². The summed E-state index contributed by atoms with van der Waals surface area (Å²) in [6.45, 7) is 5.01. The summed E-state index contributed by atoms with van der Waals surface area (Å²) < 4.78 is 19.7. The molecule has 0 aliphatic rings. The maximum Gasteiger partial charge on any atom is 0.315 e. The van der Waals surface area contributed by atoms with Gasteiger partial charge in [-0.05, 0) is 0 Å². The minimum absolute atomic E-state index is 0.100. The summed E-state index contributed by atoms with van der Waals surface area (Å²) in [5.41, 5.74) is 0. The Bertz CT molecular complexity index is 551. The second-order valence-electron chi connectivity index (χ2n) is 5.63. The Morgan fingerprint density at radius 1 is 0.714 bits per heavy atom. The van der Waals surface area contributed by atoms with Crippen LogP contribution in [0.3, 0.4) is 0 Å². The number of esters is 4. The van der Waals surface area contributed by atoms with E-state index in [1.807, 2.05) is 0 Å². The minimum atomic E-state index is -0.855. The Labute approximate surface area is 163 Å². The number of nitrogens with one attached hydrogen (secondary N) is 2. The third-order valence-corrected chi connectivity index (χ3v) is 3.09. The molecule has 0 heterocycles. The van der Waals surface area contributed by atoms with Gasteiger partial charge in [-0.25, -0.2) is 4.79 Å². The second kappa shape index (κ2) is 14.2. The monoisotopic (exact) mass is 404 g/mol. The van der Waals surface area contributed by atoms with Gasteiger partial charge in [-0.15, -0.1) is 0 Å². The molecule has 2 unspecified atom stereocenters. The molecule has 0 fully saturated rings. The van der Waals surface area contributed by atoms with Crippen molar-refractivity contribution in [3.63, 3.8) is 0 Å². The molecule has 0 aromatic rings. The third-order valence-electron chi connectivity index (χ3n) is 3.09. The average molecular weight is 404 g/mol. The summed E-state index contributed by atoms with van der Waals surface area (Å²) in [5.74, 6) is -2.11. The van der Waals surface area contributed by atoms with Gasteiger partial charge in [0.15, 0.2) is 12.2 Å². The SMILES string of the molecule is CCC(=O)OCC(CNC(=O)NCC(COC(C)=O)OC(C)=O)OC(=O)CC. The molecular weight excluding hydrogens is 376 g/mol. The van der Waals surface area contributed by atoms with E-state index in [2.05, 4.69) is 10.6 Å². The molecule has 11 nitrogen and oxygen atoms in total. The first-order valence-corrected chi connectivity index (χ1v) is 8.85. The maximum absolute atomic E-state index is 11.9. The molecule has 2 N–H and O–H groups in total. The van der Waals surface area contributed by atoms with Crippen LogP contribution in [0.15, 0.2) is 0 Å². The molecule has 0 radical (unpaired) electrons. The predicted molar refractivity (Wildman–Crippen MR) is 95.0 cm³/mol. The van der Waals surface area contributed by atoms with Gasteiger partial charge in [0.1, 0.15) is 13.2 Å². The van der Waals surface area contributed by atoms with Gasteiger partial charge in [0.2, 0.25) is 0 Å². The van der Waals surface area contributed by atoms with Gasteiger partial charge < -0.3 is 29.6 Å². The van der Waals surface area contributed by atoms with Crippen molar-refractivity contribution in [2.75, 3.05) is 26.3 Å². The van der Waals surface area contributed by atoms with E-state index < -0.39 is 42.1 Å². The van der Waals surface area contributed by atoms with Crippen molar-refractivity contribution < 1.29 is 42.9 Å². The number of carbonyl (C=O) groups is 5. The van der Waals surface area contributed by atoms with Crippen LogP contribution in [0, 0.1) is 0 Å². The van der Waals surface area contributed by atoms with Crippen LogP contribution in [0.5, 0.6) is 0 Å². The first-order chi connectivity index (χ1) is 13.2. The quantitative estimate of drug-likeness (QED) is 0.340. The summed E-state index contributed by atoms with van der Waals surface area (Å²) in [4.78, 5) is 56.5. The molecule has 0 spiro atoms. The Morgan fingerprint density at radius 3 is 1.68 bits per heavy atom. The highest BCUT2D eigenvalue weighted by molar-refractivity contribution is 5.74. The van der Waals surface area contributed by atoms with E-state index >= 15 is 0 Å². The summed E-state index contributed by atoms with van der Waals surface area (Å²) in [5, 5.41) is 4.90. The van der Waals surface area contributed by atoms with Crippen molar-refractivity contribution in [3.8, 4) is 0 Å². The highest BCUT2D eigenvalue weighted by Gasteiger charge is 2.19. The zero-order valence-corrected chi connectivity index (χ0v) is 16.6. The number of rotatable bonds is 12. The molecule has 11 heteroatoms. The fraction of sp³-hybridized carbons (Fsp3) is 0.706. The molecule has 0 rings (SSSR count). The van der Waals surface area contributed by atoms with Gasteiger partial charge in [-0.1, -0.05) is 13.8 Å². The standard InChI is InChI=1S/C17H28N2O9/c1-5-15(22)26-10-14(28-16(23)6-2)8-19-17(24)18-7-13(27-12(4)21)9-25-11(3)20/h13-14H,5-10H2,1-4H3,(H2,18,19,24). The van der Waals surface area contributed by atoms with Crippen LogP contribution < -0.4 is 10.6 Å². The van der Waals surface area contributed by atoms with Gasteiger partial charge >= 0.3 is 29.9 Å². The topological polar surface area (TPSA) is 146 Å². The lowest BCUT2D eigenvalue weighted by Gasteiger charge is -2.20. The summed E-state index contributed by atoms with van der Waals surface area (Å²) in [7, 11) is 0. The minimum Gasteiger partial charge on any atom is -0.462 e. The molecule has 0 bridgehead atoms. The van der Waals surface area contributed by atoms with Crippen LogP contribution in [-0.2, 0) is 38.1 Å². The molecule has 0 saturated heterocycles. The fourth-order valence-electron chi connectivity index (χ4n) is 1.75. The number of carbonyl (C=O) groups excluding carboxylic acids is 5. The number of hydrogen-bond acceptors (Lipinski definition) is 9. The van der Waals surface area contributed by atoms with E-state index in [-0.39, 0.29) is 39.1 Å². The molecule has 2 atom stereocenters. The van der Waals surface area contributed by atoms with Gasteiger partial charge in [0, 0.05) is 26.7 Å². The summed E-state index contributed by atoms with van der Waals surface area (Å²) in [6.07, 6.45) is -1.40. The number of hydrogen-bond donors (Lipinski definition) is 2. The van der Waals surface area contributed by atoms with E-state index in [9.17, 15) is 24.0 Å². The average Bonchev–Trinajstić information content (AvgIpc) is 2.64. The van der Waals surface area contributed by atoms with Crippen molar-refractivity contribution >= 4 is 29.9 Å². The lowest BCUT2D eigenvalue weighted by Crippen LogP contribution is -2.46. The highest BCUT2D eigenvalue weighted by atomic mass is 16.6. The van der Waals surface area contributed by atoms with Crippen LogP contribution in [0.2, 0.25) is 0 Å². The predicted octanol–water partition coefficient (Wildman–Crippen LogP) is 0.0554. The van der Waals surface area contributed by atoms with Gasteiger partial charge in [0.05, 0.1) is 13.1 Å². The van der Waals surface area contributed by atoms with Crippen LogP contribution in [0.4, 0.5) is 4.79 Å². The van der Waals surface area contributed by atoms with Crippen molar-refractivity contribution in [2.24, 2.45) is 0 Å². The van der Waals surface area contributed by atoms with Crippen molar-refractivity contribution in [1.29, 1.82) is 0 Å². The van der Waals surface area contributed by atoms with Crippen molar-refractivity contribution in [1.82, 2.24) is 10.6 Å². The van der Waals surface area contributed by atoms with Crippen LogP contribution >= 0.6 is 0 Å². The molecule has 0 aromatic carbocycles. The zero-order chi connectivity index (χ0) is 21.5. The maximum atomic E-state index is 11.9. The smallest absolute Gasteiger partial charge is 0.315 e. The first kappa shape index (κ1) is 25.1. The Morgan fingerprint density at radius 2 is 1.21 bits per heavy atom. The lowest BCUT2D eigenvalue weighted by molar-refractivity contribution is -0.158. The first-order valence-electron chi connectivity index (χ1n) is 8.85. The highest BCUT2D eigenvalue weighted by Crippen LogP contribution is 1.98. The molecule has 160 valence electrons. The molecule has 0 aromatic heterocycles. The Balaban J connectivity index is 4.50. The molecular formula is C17H28N2O9. The fourth-order valence-corrected chi connectivity index (χ4v) is 1.75. The lowest BCUT2D eigenvalue weighted by atomic mass is 10.3. The van der Waals surface area contributed by atoms with E-state index in [0.29, 0.717) is 0 Å². The summed E-state index contributed by atoms with van der Waals surface area (Å²) in [6, 6.07) is -0.639. The molecule has 0 aliphatic carbocycles. The van der Waals surface area contributed by atoms with E-state index in [4.69, 9.17) is 18.9 Å². The molecule has 28 heavy (non-hydrogen) atoms. The Hall–Kier alpha value is -2.85. The second-order valence-corrected chi connectivity index (χ2v) is 5.63. The third kappa shape index (κ3) is 13.4. The normalized spacial score (nSPS) is 12.1. The van der Waals surface area contributed by atoms with Crippen molar-refractivity contribution in [3.05, 3.63) is 0 Å².